The largest absolute Gasteiger partial charge is 0.465 e. The minimum atomic E-state index is -0.402. The third kappa shape index (κ3) is 3.26. The molecule has 4 heteroatoms. The first-order chi connectivity index (χ1) is 9.61. The maximum atomic E-state index is 12.2. The predicted molar refractivity (Wildman–Crippen MR) is 77.6 cm³/mol. The molecule has 1 amide bonds. The molecule has 1 N–H and O–H groups in total. The molecule has 0 bridgehead atoms. The van der Waals surface area contributed by atoms with E-state index in [0.29, 0.717) is 11.3 Å². The smallest absolute Gasteiger partial charge is 0.337 e. The van der Waals surface area contributed by atoms with Crippen LogP contribution in [0, 0.1) is 12.8 Å². The Morgan fingerprint density at radius 2 is 2.10 bits per heavy atom. The number of allylic oxidation sites excluding steroid dienone is 2. The van der Waals surface area contributed by atoms with E-state index in [2.05, 4.69) is 11.4 Å². The average Bonchev–Trinajstić information content (AvgIpc) is 2.49. The number of benzene rings is 1. The average molecular weight is 273 g/mol. The number of hydrogen-bond donors (Lipinski definition) is 1. The quantitative estimate of drug-likeness (QED) is 0.680. The van der Waals surface area contributed by atoms with Gasteiger partial charge in [-0.05, 0) is 43.9 Å². The van der Waals surface area contributed by atoms with Crippen molar-refractivity contribution in [3.63, 3.8) is 0 Å². The fraction of sp³-hybridized carbons (Fsp3) is 0.375. The molecule has 0 fully saturated rings. The lowest BCUT2D eigenvalue weighted by atomic mass is 9.93. The molecule has 1 aromatic rings. The number of amides is 1. The molecule has 1 aliphatic carbocycles. The van der Waals surface area contributed by atoms with Crippen LogP contribution in [0.4, 0.5) is 5.69 Å². The first-order valence-electron chi connectivity index (χ1n) is 6.76. The minimum absolute atomic E-state index is 0.0134. The van der Waals surface area contributed by atoms with E-state index in [-0.39, 0.29) is 11.8 Å². The highest BCUT2D eigenvalue weighted by Crippen LogP contribution is 2.22. The lowest BCUT2D eigenvalue weighted by Crippen LogP contribution is -2.24. The van der Waals surface area contributed by atoms with E-state index in [1.807, 2.05) is 19.1 Å². The Kier molecular flexibility index (Phi) is 4.56. The molecule has 20 heavy (non-hydrogen) atoms. The molecule has 0 unspecified atom stereocenters. The lowest BCUT2D eigenvalue weighted by molar-refractivity contribution is -0.120. The number of esters is 1. The van der Waals surface area contributed by atoms with Crippen molar-refractivity contribution in [2.45, 2.75) is 26.2 Å². The molecule has 0 heterocycles. The van der Waals surface area contributed by atoms with E-state index in [4.69, 9.17) is 4.74 Å². The number of rotatable bonds is 3. The van der Waals surface area contributed by atoms with Crippen LogP contribution in [0.1, 0.15) is 35.2 Å². The highest BCUT2D eigenvalue weighted by Gasteiger charge is 2.19. The van der Waals surface area contributed by atoms with Crippen molar-refractivity contribution in [1.82, 2.24) is 0 Å². The summed E-state index contributed by atoms with van der Waals surface area (Å²) in [6.07, 6.45) is 6.75. The second-order valence-corrected chi connectivity index (χ2v) is 4.99. The maximum Gasteiger partial charge on any atom is 0.337 e. The first kappa shape index (κ1) is 14.3. The third-order valence-electron chi connectivity index (χ3n) is 3.56. The van der Waals surface area contributed by atoms with Gasteiger partial charge in [0.25, 0.3) is 0 Å². The summed E-state index contributed by atoms with van der Waals surface area (Å²) in [7, 11) is 1.34. The van der Waals surface area contributed by atoms with Crippen molar-refractivity contribution >= 4 is 17.6 Å². The first-order valence-corrected chi connectivity index (χ1v) is 6.76. The summed E-state index contributed by atoms with van der Waals surface area (Å²) in [5.74, 6) is -0.373. The third-order valence-corrected chi connectivity index (χ3v) is 3.56. The predicted octanol–water partition coefficient (Wildman–Crippen LogP) is 3.08. The molecule has 2 rings (SSSR count). The minimum Gasteiger partial charge on any atom is -0.465 e. The zero-order chi connectivity index (χ0) is 14.5. The van der Waals surface area contributed by atoms with Crippen molar-refractivity contribution in [2.75, 3.05) is 12.4 Å². The van der Waals surface area contributed by atoms with Crippen LogP contribution in [0.3, 0.4) is 0 Å². The standard InChI is InChI=1S/C16H19NO3/c1-11-8-9-13(16(19)20-2)10-14(11)17-15(18)12-6-4-3-5-7-12/h3-4,8-10,12H,5-7H2,1-2H3,(H,17,18)/t12-/m1/s1. The monoisotopic (exact) mass is 273 g/mol. The van der Waals surface area contributed by atoms with Crippen LogP contribution < -0.4 is 5.32 Å². The van der Waals surface area contributed by atoms with E-state index in [1.165, 1.54) is 7.11 Å². The Bertz CT molecular complexity index is 549. The number of aryl methyl sites for hydroxylation is 1. The van der Waals surface area contributed by atoms with E-state index in [0.717, 1.165) is 24.8 Å². The van der Waals surface area contributed by atoms with Gasteiger partial charge in [-0.1, -0.05) is 18.2 Å². The zero-order valence-electron chi connectivity index (χ0n) is 11.8. The van der Waals surface area contributed by atoms with E-state index in [1.54, 1.807) is 12.1 Å². The summed E-state index contributed by atoms with van der Waals surface area (Å²) in [5.41, 5.74) is 2.04. The van der Waals surface area contributed by atoms with Gasteiger partial charge in [-0.2, -0.15) is 0 Å². The molecule has 1 aromatic carbocycles. The molecule has 0 aromatic heterocycles. The number of methoxy groups -OCH3 is 1. The Balaban J connectivity index is 2.13. The maximum absolute atomic E-state index is 12.2. The molecule has 1 atom stereocenters. The van der Waals surface area contributed by atoms with Crippen LogP contribution in [0.5, 0.6) is 0 Å². The van der Waals surface area contributed by atoms with Gasteiger partial charge < -0.3 is 10.1 Å². The van der Waals surface area contributed by atoms with Crippen molar-refractivity contribution in [3.05, 3.63) is 41.5 Å². The van der Waals surface area contributed by atoms with Gasteiger partial charge in [-0.25, -0.2) is 4.79 Å². The SMILES string of the molecule is COC(=O)c1ccc(C)c(NC(=O)[C@@H]2CC=CCC2)c1. The van der Waals surface area contributed by atoms with Crippen LogP contribution in [-0.2, 0) is 9.53 Å². The van der Waals surface area contributed by atoms with Gasteiger partial charge in [0.2, 0.25) is 5.91 Å². The summed E-state index contributed by atoms with van der Waals surface area (Å²) in [4.78, 5) is 23.7. The van der Waals surface area contributed by atoms with Gasteiger partial charge >= 0.3 is 5.97 Å². The van der Waals surface area contributed by atoms with Gasteiger partial charge in [-0.15, -0.1) is 0 Å². The van der Waals surface area contributed by atoms with E-state index >= 15 is 0 Å². The zero-order valence-corrected chi connectivity index (χ0v) is 11.8. The van der Waals surface area contributed by atoms with E-state index in [9.17, 15) is 9.59 Å². The van der Waals surface area contributed by atoms with E-state index < -0.39 is 5.97 Å². The Morgan fingerprint density at radius 1 is 1.30 bits per heavy atom. The molecule has 0 spiro atoms. The van der Waals surface area contributed by atoms with Crippen LogP contribution in [-0.4, -0.2) is 19.0 Å². The Morgan fingerprint density at radius 3 is 2.75 bits per heavy atom. The van der Waals surface area contributed by atoms with Gasteiger partial charge in [0.1, 0.15) is 0 Å². The summed E-state index contributed by atoms with van der Waals surface area (Å²) in [6, 6.07) is 5.17. The van der Waals surface area contributed by atoms with Gasteiger partial charge in [-0.3, -0.25) is 4.79 Å². The molecule has 4 nitrogen and oxygen atoms in total. The fourth-order valence-corrected chi connectivity index (χ4v) is 2.27. The number of nitrogens with one attached hydrogen (secondary N) is 1. The van der Waals surface area contributed by atoms with Gasteiger partial charge in [0, 0.05) is 11.6 Å². The number of anilines is 1. The van der Waals surface area contributed by atoms with Crippen molar-refractivity contribution < 1.29 is 14.3 Å². The molecule has 0 saturated carbocycles. The van der Waals surface area contributed by atoms with Crippen molar-refractivity contribution in [1.29, 1.82) is 0 Å². The van der Waals surface area contributed by atoms with Crippen LogP contribution in [0.2, 0.25) is 0 Å². The normalized spacial score (nSPS) is 17.6. The van der Waals surface area contributed by atoms with Gasteiger partial charge in [0.15, 0.2) is 0 Å². The van der Waals surface area contributed by atoms with Gasteiger partial charge in [0.05, 0.1) is 12.7 Å². The van der Waals surface area contributed by atoms with Crippen LogP contribution >= 0.6 is 0 Å². The molecule has 0 aliphatic heterocycles. The fourth-order valence-electron chi connectivity index (χ4n) is 2.27. The summed E-state index contributed by atoms with van der Waals surface area (Å²) in [6.45, 7) is 1.90. The highest BCUT2D eigenvalue weighted by atomic mass is 16.5. The molecular weight excluding hydrogens is 254 g/mol. The number of carbonyl (C=O) groups excluding carboxylic acids is 2. The molecular formula is C16H19NO3. The Hall–Kier alpha value is -2.10. The van der Waals surface area contributed by atoms with Crippen molar-refractivity contribution in [3.8, 4) is 0 Å². The van der Waals surface area contributed by atoms with Crippen LogP contribution in [0.25, 0.3) is 0 Å². The van der Waals surface area contributed by atoms with Crippen LogP contribution in [0.15, 0.2) is 30.4 Å². The molecule has 1 aliphatic rings. The second-order valence-electron chi connectivity index (χ2n) is 4.99. The summed E-state index contributed by atoms with van der Waals surface area (Å²) >= 11 is 0. The topological polar surface area (TPSA) is 55.4 Å². The Labute approximate surface area is 118 Å². The summed E-state index contributed by atoms with van der Waals surface area (Å²) < 4.78 is 4.69. The second kappa shape index (κ2) is 6.37. The highest BCUT2D eigenvalue weighted by molar-refractivity contribution is 5.96. The molecule has 0 radical (unpaired) electrons. The molecule has 0 saturated heterocycles. The lowest BCUT2D eigenvalue weighted by Gasteiger charge is -2.18. The number of carbonyl (C=O) groups is 2. The van der Waals surface area contributed by atoms with Crippen molar-refractivity contribution in [2.24, 2.45) is 5.92 Å². The summed E-state index contributed by atoms with van der Waals surface area (Å²) in [5, 5.41) is 2.92. The number of hydrogen-bond acceptors (Lipinski definition) is 3. The number of ether oxygens (including phenoxy) is 1. The molecule has 106 valence electrons.